The number of rotatable bonds is 5. The van der Waals surface area contributed by atoms with Crippen LogP contribution in [-0.2, 0) is 0 Å². The van der Waals surface area contributed by atoms with E-state index in [0.717, 1.165) is 30.5 Å². The Morgan fingerprint density at radius 3 is 2.36 bits per heavy atom. The number of anilines is 1. The van der Waals surface area contributed by atoms with Gasteiger partial charge in [-0.2, -0.15) is 5.10 Å². The van der Waals surface area contributed by atoms with E-state index < -0.39 is 0 Å². The van der Waals surface area contributed by atoms with E-state index >= 15 is 0 Å². The van der Waals surface area contributed by atoms with Gasteiger partial charge < -0.3 is 9.80 Å². The van der Waals surface area contributed by atoms with Crippen molar-refractivity contribution in [3.8, 4) is 0 Å². The fraction of sp³-hybridized carbons (Fsp3) is 0.778. The van der Waals surface area contributed by atoms with Crippen LogP contribution in [0, 0.1) is 5.92 Å². The average molecular weight is 302 g/mol. The molecule has 1 aromatic heterocycles. The molecule has 0 unspecified atom stereocenters. The summed E-state index contributed by atoms with van der Waals surface area (Å²) < 4.78 is 0. The van der Waals surface area contributed by atoms with Crippen molar-refractivity contribution in [2.45, 2.75) is 51.9 Å². The molecule has 4 nitrogen and oxygen atoms in total. The van der Waals surface area contributed by atoms with Crippen molar-refractivity contribution in [1.29, 1.82) is 0 Å². The molecule has 2 fully saturated rings. The molecule has 0 N–H and O–H groups in total. The first-order valence-electron chi connectivity index (χ1n) is 9.03. The smallest absolute Gasteiger partial charge is 0.151 e. The van der Waals surface area contributed by atoms with Crippen LogP contribution in [-0.4, -0.2) is 47.8 Å². The maximum absolute atomic E-state index is 4.43. The molecular weight excluding hydrogens is 272 g/mol. The first-order valence-corrected chi connectivity index (χ1v) is 9.03. The van der Waals surface area contributed by atoms with Gasteiger partial charge in [0.05, 0.1) is 5.69 Å². The van der Waals surface area contributed by atoms with Crippen molar-refractivity contribution < 1.29 is 0 Å². The minimum Gasteiger partial charge on any atom is -0.355 e. The van der Waals surface area contributed by atoms with Crippen molar-refractivity contribution in [2.24, 2.45) is 5.92 Å². The zero-order valence-corrected chi connectivity index (χ0v) is 14.2. The predicted octanol–water partition coefficient (Wildman–Crippen LogP) is 3.30. The monoisotopic (exact) mass is 302 g/mol. The molecule has 3 rings (SSSR count). The van der Waals surface area contributed by atoms with E-state index in [-0.39, 0.29) is 0 Å². The third kappa shape index (κ3) is 3.97. The molecule has 122 valence electrons. The van der Waals surface area contributed by atoms with E-state index in [2.05, 4.69) is 46.0 Å². The topological polar surface area (TPSA) is 32.3 Å². The van der Waals surface area contributed by atoms with Gasteiger partial charge in [-0.3, -0.25) is 0 Å². The van der Waals surface area contributed by atoms with Crippen LogP contribution >= 0.6 is 0 Å². The number of likely N-dealkylation sites (tertiary alicyclic amines) is 1. The third-order valence-corrected chi connectivity index (χ3v) is 5.25. The molecule has 0 spiro atoms. The lowest BCUT2D eigenvalue weighted by Crippen LogP contribution is -2.35. The predicted molar refractivity (Wildman–Crippen MR) is 91.3 cm³/mol. The Labute approximate surface area is 134 Å². The zero-order chi connectivity index (χ0) is 15.4. The summed E-state index contributed by atoms with van der Waals surface area (Å²) in [6.45, 7) is 10.6. The minimum absolute atomic E-state index is 0.456. The third-order valence-electron chi connectivity index (χ3n) is 5.25. The lowest BCUT2D eigenvalue weighted by molar-refractivity contribution is 0.280. The Kier molecular flexibility index (Phi) is 5.29. The molecule has 22 heavy (non-hydrogen) atoms. The second-order valence-corrected chi connectivity index (χ2v) is 7.24. The summed E-state index contributed by atoms with van der Waals surface area (Å²) in [5.74, 6) is 2.42. The first kappa shape index (κ1) is 15.7. The molecule has 2 aliphatic rings. The zero-order valence-electron chi connectivity index (χ0n) is 14.2. The second-order valence-electron chi connectivity index (χ2n) is 7.24. The Bertz CT molecular complexity index is 443. The molecule has 0 bridgehead atoms. The molecule has 0 saturated carbocycles. The largest absolute Gasteiger partial charge is 0.355 e. The fourth-order valence-corrected chi connectivity index (χ4v) is 3.63. The van der Waals surface area contributed by atoms with E-state index in [1.165, 1.54) is 51.7 Å². The summed E-state index contributed by atoms with van der Waals surface area (Å²) in [4.78, 5) is 5.05. The molecule has 0 radical (unpaired) electrons. The highest BCUT2D eigenvalue weighted by Crippen LogP contribution is 2.25. The van der Waals surface area contributed by atoms with Crippen LogP contribution in [0.3, 0.4) is 0 Å². The van der Waals surface area contributed by atoms with Crippen LogP contribution in [0.1, 0.15) is 57.6 Å². The minimum atomic E-state index is 0.456. The van der Waals surface area contributed by atoms with Crippen LogP contribution in [0.4, 0.5) is 5.82 Å². The average Bonchev–Trinajstić information content (AvgIpc) is 3.07. The summed E-state index contributed by atoms with van der Waals surface area (Å²) in [6.07, 6.45) is 6.81. The summed E-state index contributed by atoms with van der Waals surface area (Å²) in [5.41, 5.74) is 1.09. The first-order chi connectivity index (χ1) is 10.7. The van der Waals surface area contributed by atoms with Crippen molar-refractivity contribution in [2.75, 3.05) is 37.6 Å². The van der Waals surface area contributed by atoms with E-state index in [0.29, 0.717) is 5.92 Å². The highest BCUT2D eigenvalue weighted by molar-refractivity contribution is 5.38. The number of hydrogen-bond donors (Lipinski definition) is 0. The van der Waals surface area contributed by atoms with Crippen molar-refractivity contribution in [3.63, 3.8) is 0 Å². The summed E-state index contributed by atoms with van der Waals surface area (Å²) in [7, 11) is 0. The number of piperidine rings is 1. The highest BCUT2D eigenvalue weighted by atomic mass is 15.3. The molecule has 3 heterocycles. The summed E-state index contributed by atoms with van der Waals surface area (Å²) >= 11 is 0. The van der Waals surface area contributed by atoms with Gasteiger partial charge in [-0.05, 0) is 75.7 Å². The Balaban J connectivity index is 1.44. The van der Waals surface area contributed by atoms with Gasteiger partial charge in [0.15, 0.2) is 5.82 Å². The molecule has 2 aliphatic heterocycles. The SMILES string of the molecule is CC(C)c1ccc(N2CCC(CCN3CCCC3)CC2)nn1. The van der Waals surface area contributed by atoms with Crippen LogP contribution in [0.5, 0.6) is 0 Å². The Morgan fingerprint density at radius 2 is 1.77 bits per heavy atom. The lowest BCUT2D eigenvalue weighted by Gasteiger charge is -2.33. The molecule has 0 aromatic carbocycles. The quantitative estimate of drug-likeness (QED) is 0.835. The van der Waals surface area contributed by atoms with Gasteiger partial charge in [0.25, 0.3) is 0 Å². The van der Waals surface area contributed by atoms with E-state index in [1.807, 2.05) is 0 Å². The molecule has 0 amide bonds. The summed E-state index contributed by atoms with van der Waals surface area (Å²) in [6, 6.07) is 4.28. The van der Waals surface area contributed by atoms with Crippen LogP contribution in [0.25, 0.3) is 0 Å². The number of aromatic nitrogens is 2. The van der Waals surface area contributed by atoms with Crippen LogP contribution < -0.4 is 4.90 Å². The van der Waals surface area contributed by atoms with Gasteiger partial charge in [0, 0.05) is 13.1 Å². The van der Waals surface area contributed by atoms with Gasteiger partial charge in [0.2, 0.25) is 0 Å². The molecule has 4 heteroatoms. The molecule has 0 aliphatic carbocycles. The maximum atomic E-state index is 4.43. The number of nitrogens with zero attached hydrogens (tertiary/aromatic N) is 4. The maximum Gasteiger partial charge on any atom is 0.151 e. The second kappa shape index (κ2) is 7.40. The Morgan fingerprint density at radius 1 is 1.05 bits per heavy atom. The van der Waals surface area contributed by atoms with Crippen LogP contribution in [0.15, 0.2) is 12.1 Å². The van der Waals surface area contributed by atoms with Gasteiger partial charge in [0.1, 0.15) is 0 Å². The van der Waals surface area contributed by atoms with Crippen molar-refractivity contribution >= 4 is 5.82 Å². The van der Waals surface area contributed by atoms with Gasteiger partial charge in [-0.15, -0.1) is 5.10 Å². The van der Waals surface area contributed by atoms with E-state index in [1.54, 1.807) is 0 Å². The molecule has 1 aromatic rings. The van der Waals surface area contributed by atoms with Crippen molar-refractivity contribution in [1.82, 2.24) is 15.1 Å². The van der Waals surface area contributed by atoms with Gasteiger partial charge in [-0.25, -0.2) is 0 Å². The lowest BCUT2D eigenvalue weighted by atomic mass is 9.93. The normalized spacial score (nSPS) is 21.0. The van der Waals surface area contributed by atoms with E-state index in [9.17, 15) is 0 Å². The van der Waals surface area contributed by atoms with Gasteiger partial charge in [-0.1, -0.05) is 13.8 Å². The fourth-order valence-electron chi connectivity index (χ4n) is 3.63. The number of hydrogen-bond acceptors (Lipinski definition) is 4. The standard InChI is InChI=1S/C18H30N4/c1-15(2)17-5-6-18(20-19-17)22-13-8-16(9-14-22)7-12-21-10-3-4-11-21/h5-6,15-16H,3-4,7-14H2,1-2H3. The van der Waals surface area contributed by atoms with Gasteiger partial charge >= 0.3 is 0 Å². The van der Waals surface area contributed by atoms with Crippen LogP contribution in [0.2, 0.25) is 0 Å². The Hall–Kier alpha value is -1.16. The molecular formula is C18H30N4. The molecule has 2 saturated heterocycles. The van der Waals surface area contributed by atoms with Crippen molar-refractivity contribution in [3.05, 3.63) is 17.8 Å². The van der Waals surface area contributed by atoms with E-state index in [4.69, 9.17) is 0 Å². The summed E-state index contributed by atoms with van der Waals surface area (Å²) in [5, 5.41) is 8.79. The highest BCUT2D eigenvalue weighted by Gasteiger charge is 2.21. The molecule has 0 atom stereocenters.